The lowest BCUT2D eigenvalue weighted by molar-refractivity contribution is 0.109. The summed E-state index contributed by atoms with van der Waals surface area (Å²) in [5.74, 6) is 2.68. The Labute approximate surface area is 173 Å². The number of aryl methyl sites for hydroxylation is 1. The smallest absolute Gasteiger partial charge is 0.267 e. The Morgan fingerprint density at radius 3 is 3.10 bits per heavy atom. The lowest BCUT2D eigenvalue weighted by Gasteiger charge is -2.28. The van der Waals surface area contributed by atoms with Crippen LogP contribution in [0.4, 0.5) is 5.82 Å². The first kappa shape index (κ1) is 18.6. The first-order valence-corrected chi connectivity index (χ1v) is 11.3. The molecule has 1 unspecified atom stereocenters. The Bertz CT molecular complexity index is 1040. The molecule has 0 amide bonds. The summed E-state index contributed by atoms with van der Waals surface area (Å²) in [7, 11) is 0. The van der Waals surface area contributed by atoms with E-state index in [1.807, 2.05) is 17.8 Å². The number of thioether (sulfide) groups is 1. The van der Waals surface area contributed by atoms with E-state index in [2.05, 4.69) is 16.1 Å². The number of ether oxygens (including phenoxy) is 1. The van der Waals surface area contributed by atoms with E-state index in [9.17, 15) is 10.1 Å². The van der Waals surface area contributed by atoms with Crippen molar-refractivity contribution in [1.29, 1.82) is 5.26 Å². The summed E-state index contributed by atoms with van der Waals surface area (Å²) in [5.41, 5.74) is 4.72. The number of nitrogens with zero attached hydrogens (tertiary/aromatic N) is 5. The van der Waals surface area contributed by atoms with Crippen molar-refractivity contribution in [2.75, 3.05) is 23.8 Å². The van der Waals surface area contributed by atoms with Crippen molar-refractivity contribution in [3.05, 3.63) is 50.6 Å². The summed E-state index contributed by atoms with van der Waals surface area (Å²) >= 11 is 1.85. The quantitative estimate of drug-likeness (QED) is 0.767. The molecule has 0 N–H and O–H groups in total. The van der Waals surface area contributed by atoms with Crippen molar-refractivity contribution in [3.8, 4) is 6.07 Å². The molecule has 0 aromatic carbocycles. The minimum Gasteiger partial charge on any atom is -0.376 e. The van der Waals surface area contributed by atoms with Crippen LogP contribution in [0.25, 0.3) is 0 Å². The molecular formula is C21H23N5O2S. The van der Waals surface area contributed by atoms with Crippen molar-refractivity contribution < 1.29 is 4.74 Å². The summed E-state index contributed by atoms with van der Waals surface area (Å²) in [6.45, 7) is 2.57. The highest BCUT2D eigenvalue weighted by Crippen LogP contribution is 2.30. The third kappa shape index (κ3) is 3.53. The van der Waals surface area contributed by atoms with Crippen LogP contribution in [-0.2, 0) is 36.5 Å². The Morgan fingerprint density at radius 1 is 1.28 bits per heavy atom. The van der Waals surface area contributed by atoms with Crippen molar-refractivity contribution in [2.45, 2.75) is 50.6 Å². The highest BCUT2D eigenvalue weighted by molar-refractivity contribution is 7.98. The summed E-state index contributed by atoms with van der Waals surface area (Å²) in [6.07, 6.45) is 3.68. The van der Waals surface area contributed by atoms with Gasteiger partial charge in [-0.05, 0) is 30.2 Å². The highest BCUT2D eigenvalue weighted by Gasteiger charge is 2.30. The fourth-order valence-corrected chi connectivity index (χ4v) is 5.41. The van der Waals surface area contributed by atoms with Gasteiger partial charge in [0.15, 0.2) is 0 Å². The van der Waals surface area contributed by atoms with Gasteiger partial charge in [0.2, 0.25) is 0 Å². The third-order valence-corrected chi connectivity index (χ3v) is 6.98. The first-order chi connectivity index (χ1) is 14.2. The Balaban J connectivity index is 1.46. The number of aromatic nitrogens is 3. The monoisotopic (exact) mass is 409 g/mol. The lowest BCUT2D eigenvalue weighted by Crippen LogP contribution is -2.38. The zero-order valence-corrected chi connectivity index (χ0v) is 17.1. The highest BCUT2D eigenvalue weighted by atomic mass is 32.2. The molecule has 1 atom stereocenters. The Morgan fingerprint density at radius 2 is 2.21 bits per heavy atom. The largest absolute Gasteiger partial charge is 0.376 e. The molecule has 1 saturated heterocycles. The molecule has 0 bridgehead atoms. The molecule has 5 heterocycles. The Kier molecular flexibility index (Phi) is 5.02. The van der Waals surface area contributed by atoms with E-state index < -0.39 is 0 Å². The van der Waals surface area contributed by atoms with Crippen molar-refractivity contribution in [2.24, 2.45) is 0 Å². The summed E-state index contributed by atoms with van der Waals surface area (Å²) in [5, 5.41) is 14.4. The van der Waals surface area contributed by atoms with Gasteiger partial charge in [0.05, 0.1) is 42.8 Å². The predicted octanol–water partition coefficient (Wildman–Crippen LogP) is 2.04. The maximum Gasteiger partial charge on any atom is 0.267 e. The number of anilines is 1. The first-order valence-electron chi connectivity index (χ1n) is 10.2. The van der Waals surface area contributed by atoms with Gasteiger partial charge in [0, 0.05) is 36.8 Å². The molecule has 7 nitrogen and oxygen atoms in total. The molecule has 1 fully saturated rings. The van der Waals surface area contributed by atoms with Crippen LogP contribution in [0.2, 0.25) is 0 Å². The van der Waals surface area contributed by atoms with E-state index in [0.29, 0.717) is 25.3 Å². The lowest BCUT2D eigenvalue weighted by atomic mass is 10.1. The molecule has 150 valence electrons. The predicted molar refractivity (Wildman–Crippen MR) is 111 cm³/mol. The minimum absolute atomic E-state index is 0.0332. The van der Waals surface area contributed by atoms with Gasteiger partial charge in [-0.15, -0.1) is 0 Å². The van der Waals surface area contributed by atoms with Gasteiger partial charge in [-0.1, -0.05) is 0 Å². The second-order valence-corrected chi connectivity index (χ2v) is 8.91. The summed E-state index contributed by atoms with van der Waals surface area (Å²) in [6, 6.07) is 6.11. The molecule has 0 spiro atoms. The molecule has 2 aromatic rings. The molecule has 0 saturated carbocycles. The molecule has 3 aliphatic heterocycles. The fraction of sp³-hybridized carbons (Fsp3) is 0.524. The summed E-state index contributed by atoms with van der Waals surface area (Å²) in [4.78, 5) is 19.7. The fourth-order valence-electron chi connectivity index (χ4n) is 4.46. The van der Waals surface area contributed by atoms with Gasteiger partial charge in [0.25, 0.3) is 5.56 Å². The van der Waals surface area contributed by atoms with Gasteiger partial charge >= 0.3 is 0 Å². The molecule has 29 heavy (non-hydrogen) atoms. The van der Waals surface area contributed by atoms with Crippen molar-refractivity contribution in [1.82, 2.24) is 14.8 Å². The van der Waals surface area contributed by atoms with Gasteiger partial charge in [-0.25, -0.2) is 9.67 Å². The van der Waals surface area contributed by atoms with Crippen LogP contribution >= 0.6 is 11.8 Å². The number of fused-ring (bicyclic) bond motifs is 2. The van der Waals surface area contributed by atoms with Crippen molar-refractivity contribution >= 4 is 17.6 Å². The van der Waals surface area contributed by atoms with E-state index in [1.165, 1.54) is 0 Å². The SMILES string of the molecule is N#Cc1cc2c(nc1N1CCCC1Cn1nc3c(cc1=O)CSCC3)CCOC2. The maximum absolute atomic E-state index is 12.6. The summed E-state index contributed by atoms with van der Waals surface area (Å²) < 4.78 is 7.13. The molecule has 0 radical (unpaired) electrons. The van der Waals surface area contributed by atoms with E-state index in [4.69, 9.17) is 9.72 Å². The molecule has 0 aliphatic carbocycles. The number of hydrogen-bond acceptors (Lipinski definition) is 7. The van der Waals surface area contributed by atoms with Crippen LogP contribution in [0.15, 0.2) is 16.9 Å². The topological polar surface area (TPSA) is 84.0 Å². The normalized spacial score (nSPS) is 20.8. The standard InChI is InChI=1S/C21H23N5O2S/c22-10-14-8-15-12-28-6-3-18(15)23-21(14)25-5-1-2-17(25)11-26-20(27)9-16-13-29-7-4-19(16)24-26/h8-9,17H,1-7,11-13H2. The number of hydrogen-bond donors (Lipinski definition) is 0. The van der Waals surface area contributed by atoms with Crippen molar-refractivity contribution in [3.63, 3.8) is 0 Å². The molecule has 2 aromatic heterocycles. The average molecular weight is 410 g/mol. The number of pyridine rings is 1. The van der Waals surface area contributed by atoms with Crippen LogP contribution in [0.5, 0.6) is 0 Å². The maximum atomic E-state index is 12.6. The van der Waals surface area contributed by atoms with E-state index >= 15 is 0 Å². The second kappa shape index (κ2) is 7.81. The van der Waals surface area contributed by atoms with E-state index in [1.54, 1.807) is 10.7 Å². The number of rotatable bonds is 3. The van der Waals surface area contributed by atoms with Crippen LogP contribution in [0.1, 0.15) is 40.9 Å². The van der Waals surface area contributed by atoms with Gasteiger partial charge < -0.3 is 9.64 Å². The van der Waals surface area contributed by atoms with Gasteiger partial charge in [-0.2, -0.15) is 22.1 Å². The van der Waals surface area contributed by atoms with Crippen LogP contribution in [-0.4, -0.2) is 39.7 Å². The van der Waals surface area contributed by atoms with E-state index in [-0.39, 0.29) is 11.6 Å². The average Bonchev–Trinajstić information content (AvgIpc) is 3.21. The second-order valence-electron chi connectivity index (χ2n) is 7.81. The molecule has 8 heteroatoms. The van der Waals surface area contributed by atoms with Crippen LogP contribution in [0, 0.1) is 11.3 Å². The van der Waals surface area contributed by atoms with Crippen LogP contribution < -0.4 is 10.5 Å². The van der Waals surface area contributed by atoms with Gasteiger partial charge in [-0.3, -0.25) is 4.79 Å². The van der Waals surface area contributed by atoms with Gasteiger partial charge in [0.1, 0.15) is 11.9 Å². The number of nitriles is 1. The molecule has 3 aliphatic rings. The minimum atomic E-state index is -0.0332. The Hall–Kier alpha value is -2.37. The van der Waals surface area contributed by atoms with E-state index in [0.717, 1.165) is 72.1 Å². The van der Waals surface area contributed by atoms with Crippen LogP contribution in [0.3, 0.4) is 0 Å². The third-order valence-electron chi connectivity index (χ3n) is 5.97. The molecular weight excluding hydrogens is 386 g/mol. The zero-order chi connectivity index (χ0) is 19.8. The zero-order valence-electron chi connectivity index (χ0n) is 16.3. The molecule has 5 rings (SSSR count).